The number of urea groups is 1. The third-order valence-corrected chi connectivity index (χ3v) is 2.92. The lowest BCUT2D eigenvalue weighted by Gasteiger charge is -2.11. The van der Waals surface area contributed by atoms with Crippen molar-refractivity contribution in [2.24, 2.45) is 0 Å². The molecule has 1 aliphatic heterocycles. The number of nitrogens with two attached hydrogens (primary N) is 1. The zero-order chi connectivity index (χ0) is 12.8. The van der Waals surface area contributed by atoms with Crippen LogP contribution in [0.3, 0.4) is 0 Å². The second-order valence-corrected chi connectivity index (χ2v) is 4.43. The summed E-state index contributed by atoms with van der Waals surface area (Å²) in [6, 6.07) is 6.90. The van der Waals surface area contributed by atoms with Gasteiger partial charge < -0.3 is 21.1 Å². The summed E-state index contributed by atoms with van der Waals surface area (Å²) >= 11 is 0. The third kappa shape index (κ3) is 3.92. The largest absolute Gasteiger partial charge is 0.399 e. The molecule has 5 heteroatoms. The minimum Gasteiger partial charge on any atom is -0.399 e. The zero-order valence-corrected chi connectivity index (χ0v) is 10.3. The second kappa shape index (κ2) is 6.26. The lowest BCUT2D eigenvalue weighted by Crippen LogP contribution is -2.31. The predicted octanol–water partition coefficient (Wildman–Crippen LogP) is 1.96. The highest BCUT2D eigenvalue weighted by atomic mass is 16.5. The molecule has 1 heterocycles. The van der Waals surface area contributed by atoms with Gasteiger partial charge in [0.1, 0.15) is 0 Å². The van der Waals surface area contributed by atoms with Crippen LogP contribution >= 0.6 is 0 Å². The van der Waals surface area contributed by atoms with E-state index in [1.165, 1.54) is 0 Å². The van der Waals surface area contributed by atoms with Gasteiger partial charge in [0, 0.05) is 24.5 Å². The average molecular weight is 249 g/mol. The minimum absolute atomic E-state index is 0.210. The molecule has 0 radical (unpaired) electrons. The summed E-state index contributed by atoms with van der Waals surface area (Å²) in [6.07, 6.45) is 3.39. The first kappa shape index (κ1) is 12.7. The lowest BCUT2D eigenvalue weighted by molar-refractivity contribution is 0.105. The molecule has 18 heavy (non-hydrogen) atoms. The van der Waals surface area contributed by atoms with Crippen LogP contribution in [0.25, 0.3) is 0 Å². The molecule has 1 aromatic carbocycles. The molecule has 1 unspecified atom stereocenters. The molecule has 1 aliphatic rings. The highest BCUT2D eigenvalue weighted by Gasteiger charge is 2.15. The fourth-order valence-corrected chi connectivity index (χ4v) is 2.01. The molecule has 0 saturated carbocycles. The van der Waals surface area contributed by atoms with Crippen molar-refractivity contribution in [1.29, 1.82) is 0 Å². The molecule has 98 valence electrons. The zero-order valence-electron chi connectivity index (χ0n) is 10.3. The Bertz CT molecular complexity index is 403. The molecule has 4 N–H and O–H groups in total. The van der Waals surface area contributed by atoms with E-state index in [4.69, 9.17) is 10.5 Å². The summed E-state index contributed by atoms with van der Waals surface area (Å²) in [5.41, 5.74) is 6.96. The molecule has 1 aromatic rings. The fraction of sp³-hybridized carbons (Fsp3) is 0.462. The number of carbonyl (C=O) groups is 1. The van der Waals surface area contributed by atoms with Crippen LogP contribution in [0.2, 0.25) is 0 Å². The van der Waals surface area contributed by atoms with Gasteiger partial charge in [-0.05, 0) is 37.5 Å². The number of benzene rings is 1. The third-order valence-electron chi connectivity index (χ3n) is 2.92. The van der Waals surface area contributed by atoms with E-state index in [0.29, 0.717) is 24.0 Å². The Labute approximate surface area is 107 Å². The Morgan fingerprint density at radius 1 is 1.50 bits per heavy atom. The number of amides is 2. The van der Waals surface area contributed by atoms with Gasteiger partial charge in [0.25, 0.3) is 0 Å². The van der Waals surface area contributed by atoms with Crippen molar-refractivity contribution in [2.45, 2.75) is 25.4 Å². The molecule has 0 bridgehead atoms. The van der Waals surface area contributed by atoms with Crippen LogP contribution in [0.1, 0.15) is 19.3 Å². The van der Waals surface area contributed by atoms with Gasteiger partial charge in [-0.15, -0.1) is 0 Å². The number of ether oxygens (including phenoxy) is 1. The van der Waals surface area contributed by atoms with Gasteiger partial charge in [-0.1, -0.05) is 6.07 Å². The molecule has 0 aromatic heterocycles. The van der Waals surface area contributed by atoms with Crippen molar-refractivity contribution >= 4 is 17.4 Å². The van der Waals surface area contributed by atoms with Crippen LogP contribution in [0.4, 0.5) is 16.2 Å². The Morgan fingerprint density at radius 3 is 3.11 bits per heavy atom. The van der Waals surface area contributed by atoms with Gasteiger partial charge in [0.15, 0.2) is 0 Å². The van der Waals surface area contributed by atoms with Gasteiger partial charge in [-0.25, -0.2) is 4.79 Å². The second-order valence-electron chi connectivity index (χ2n) is 4.43. The molecule has 0 aliphatic carbocycles. The van der Waals surface area contributed by atoms with Crippen LogP contribution in [0.15, 0.2) is 24.3 Å². The van der Waals surface area contributed by atoms with E-state index in [0.717, 1.165) is 25.9 Å². The number of nitrogens with one attached hydrogen (secondary N) is 2. The van der Waals surface area contributed by atoms with E-state index < -0.39 is 0 Å². The Kier molecular flexibility index (Phi) is 4.41. The first-order valence-corrected chi connectivity index (χ1v) is 6.26. The summed E-state index contributed by atoms with van der Waals surface area (Å²) in [5.74, 6) is 0. The van der Waals surface area contributed by atoms with E-state index in [-0.39, 0.29) is 6.03 Å². The molecule has 2 rings (SSSR count). The number of hydrogen-bond donors (Lipinski definition) is 3. The van der Waals surface area contributed by atoms with E-state index in [9.17, 15) is 4.79 Å². The highest BCUT2D eigenvalue weighted by Crippen LogP contribution is 2.14. The van der Waals surface area contributed by atoms with Crippen LogP contribution in [-0.2, 0) is 4.74 Å². The maximum atomic E-state index is 11.6. The van der Waals surface area contributed by atoms with E-state index in [1.807, 2.05) is 0 Å². The van der Waals surface area contributed by atoms with Gasteiger partial charge in [0.2, 0.25) is 0 Å². The molecule has 1 atom stereocenters. The summed E-state index contributed by atoms with van der Waals surface area (Å²) in [4.78, 5) is 11.6. The van der Waals surface area contributed by atoms with Gasteiger partial charge >= 0.3 is 6.03 Å². The normalized spacial score (nSPS) is 18.6. The first-order chi connectivity index (χ1) is 8.74. The SMILES string of the molecule is Nc1cccc(NC(=O)NCCC2CCCO2)c1. The number of nitrogen functional groups attached to an aromatic ring is 1. The highest BCUT2D eigenvalue weighted by molar-refractivity contribution is 5.89. The van der Waals surface area contributed by atoms with Crippen LogP contribution in [-0.4, -0.2) is 25.3 Å². The summed E-state index contributed by atoms with van der Waals surface area (Å²) in [5, 5.41) is 5.54. The van der Waals surface area contributed by atoms with Gasteiger partial charge in [-0.3, -0.25) is 0 Å². The predicted molar refractivity (Wildman–Crippen MR) is 71.5 cm³/mol. The Hall–Kier alpha value is -1.75. The molecule has 0 spiro atoms. The van der Waals surface area contributed by atoms with Crippen molar-refractivity contribution in [3.63, 3.8) is 0 Å². The summed E-state index contributed by atoms with van der Waals surface area (Å²) in [6.45, 7) is 1.47. The van der Waals surface area contributed by atoms with Crippen LogP contribution in [0, 0.1) is 0 Å². The van der Waals surface area contributed by atoms with Gasteiger partial charge in [0.05, 0.1) is 6.10 Å². The van der Waals surface area contributed by atoms with Crippen molar-refractivity contribution < 1.29 is 9.53 Å². The number of anilines is 2. The quantitative estimate of drug-likeness (QED) is 0.714. The van der Waals surface area contributed by atoms with E-state index in [2.05, 4.69) is 10.6 Å². The first-order valence-electron chi connectivity index (χ1n) is 6.26. The summed E-state index contributed by atoms with van der Waals surface area (Å²) in [7, 11) is 0. The average Bonchev–Trinajstić information content (AvgIpc) is 2.82. The van der Waals surface area contributed by atoms with Crippen molar-refractivity contribution in [3.8, 4) is 0 Å². The number of hydrogen-bond acceptors (Lipinski definition) is 3. The monoisotopic (exact) mass is 249 g/mol. The lowest BCUT2D eigenvalue weighted by atomic mass is 10.2. The molecule has 5 nitrogen and oxygen atoms in total. The fourth-order valence-electron chi connectivity index (χ4n) is 2.01. The van der Waals surface area contributed by atoms with Gasteiger partial charge in [-0.2, -0.15) is 0 Å². The summed E-state index contributed by atoms with van der Waals surface area (Å²) < 4.78 is 5.48. The molecule has 1 fully saturated rings. The Balaban J connectivity index is 1.68. The van der Waals surface area contributed by atoms with Crippen molar-refractivity contribution in [3.05, 3.63) is 24.3 Å². The number of carbonyl (C=O) groups excluding carboxylic acids is 1. The maximum Gasteiger partial charge on any atom is 0.319 e. The standard InChI is InChI=1S/C13H19N3O2/c14-10-3-1-4-11(9-10)16-13(17)15-7-6-12-5-2-8-18-12/h1,3-4,9,12H,2,5-8,14H2,(H2,15,16,17). The molecular weight excluding hydrogens is 230 g/mol. The van der Waals surface area contributed by atoms with E-state index in [1.54, 1.807) is 24.3 Å². The van der Waals surface area contributed by atoms with Crippen LogP contribution < -0.4 is 16.4 Å². The van der Waals surface area contributed by atoms with Crippen molar-refractivity contribution in [1.82, 2.24) is 5.32 Å². The topological polar surface area (TPSA) is 76.4 Å². The Morgan fingerprint density at radius 2 is 2.39 bits per heavy atom. The smallest absolute Gasteiger partial charge is 0.319 e. The number of rotatable bonds is 4. The van der Waals surface area contributed by atoms with E-state index >= 15 is 0 Å². The molecular formula is C13H19N3O2. The van der Waals surface area contributed by atoms with Crippen LogP contribution in [0.5, 0.6) is 0 Å². The molecule has 1 saturated heterocycles. The molecule has 2 amide bonds. The maximum absolute atomic E-state index is 11.6. The van der Waals surface area contributed by atoms with Crippen molar-refractivity contribution in [2.75, 3.05) is 24.2 Å². The minimum atomic E-state index is -0.210.